The van der Waals surface area contributed by atoms with Crippen molar-refractivity contribution in [2.75, 3.05) is 20.2 Å². The zero-order chi connectivity index (χ0) is 17.8. The Bertz CT molecular complexity index is 728. The molecule has 1 aliphatic heterocycles. The van der Waals surface area contributed by atoms with Crippen LogP contribution >= 0.6 is 0 Å². The molecule has 4 nitrogen and oxygen atoms in total. The summed E-state index contributed by atoms with van der Waals surface area (Å²) in [5.41, 5.74) is 3.03. The molecule has 1 aromatic carbocycles. The summed E-state index contributed by atoms with van der Waals surface area (Å²) in [6.07, 6.45) is 6.82. The van der Waals surface area contributed by atoms with E-state index in [0.717, 1.165) is 55.2 Å². The second kappa shape index (κ2) is 8.05. The van der Waals surface area contributed by atoms with Crippen LogP contribution in [0.3, 0.4) is 0 Å². The minimum Gasteiger partial charge on any atom is -0.451 e. The zero-order valence-electron chi connectivity index (χ0n) is 15.6. The highest BCUT2D eigenvalue weighted by molar-refractivity contribution is 5.98. The van der Waals surface area contributed by atoms with Crippen LogP contribution in [0.5, 0.6) is 0 Å². The second-order valence-corrected chi connectivity index (χ2v) is 7.14. The van der Waals surface area contributed by atoms with Crippen molar-refractivity contribution in [3.05, 3.63) is 35.1 Å². The fourth-order valence-electron chi connectivity index (χ4n) is 3.56. The van der Waals surface area contributed by atoms with Gasteiger partial charge < -0.3 is 14.1 Å². The van der Waals surface area contributed by atoms with Crippen LogP contribution in [-0.4, -0.2) is 37.1 Å². The van der Waals surface area contributed by atoms with E-state index in [1.165, 1.54) is 12.0 Å². The Morgan fingerprint density at radius 3 is 2.88 bits per heavy atom. The zero-order valence-corrected chi connectivity index (χ0v) is 15.6. The van der Waals surface area contributed by atoms with Gasteiger partial charge in [0, 0.05) is 31.1 Å². The predicted octanol–water partition coefficient (Wildman–Crippen LogP) is 4.72. The van der Waals surface area contributed by atoms with Crippen LogP contribution in [0.4, 0.5) is 0 Å². The summed E-state index contributed by atoms with van der Waals surface area (Å²) >= 11 is 0. The number of hydrogen-bond donors (Lipinski definition) is 0. The molecule has 1 aromatic heterocycles. The summed E-state index contributed by atoms with van der Waals surface area (Å²) in [6.45, 7) is 5.70. The van der Waals surface area contributed by atoms with Gasteiger partial charge in [0.25, 0.3) is 5.91 Å². The first-order valence-corrected chi connectivity index (χ1v) is 9.49. The van der Waals surface area contributed by atoms with E-state index in [4.69, 9.17) is 9.15 Å². The largest absolute Gasteiger partial charge is 0.451 e. The highest BCUT2D eigenvalue weighted by atomic mass is 16.5. The van der Waals surface area contributed by atoms with Gasteiger partial charge in [-0.3, -0.25) is 4.79 Å². The number of furan rings is 1. The highest BCUT2D eigenvalue weighted by Crippen LogP contribution is 2.27. The molecule has 0 saturated carbocycles. The van der Waals surface area contributed by atoms with E-state index >= 15 is 0 Å². The van der Waals surface area contributed by atoms with E-state index in [-0.39, 0.29) is 12.0 Å². The third-order valence-corrected chi connectivity index (χ3v) is 5.14. The number of amides is 1. The molecule has 0 spiro atoms. The molecule has 1 saturated heterocycles. The molecule has 1 atom stereocenters. The van der Waals surface area contributed by atoms with Crippen molar-refractivity contribution < 1.29 is 13.9 Å². The van der Waals surface area contributed by atoms with Crippen molar-refractivity contribution >= 4 is 16.9 Å². The second-order valence-electron chi connectivity index (χ2n) is 7.14. The molecule has 2 aromatic rings. The average molecular weight is 343 g/mol. The van der Waals surface area contributed by atoms with Crippen LogP contribution in [0.1, 0.15) is 60.7 Å². The van der Waals surface area contributed by atoms with E-state index < -0.39 is 0 Å². The molecule has 0 N–H and O–H groups in total. The number of aryl methyl sites for hydroxylation is 2. The molecule has 136 valence electrons. The quantitative estimate of drug-likeness (QED) is 0.762. The topological polar surface area (TPSA) is 42.7 Å². The lowest BCUT2D eigenvalue weighted by Gasteiger charge is -2.25. The van der Waals surface area contributed by atoms with Crippen molar-refractivity contribution in [1.29, 1.82) is 0 Å². The Morgan fingerprint density at radius 1 is 1.32 bits per heavy atom. The van der Waals surface area contributed by atoms with E-state index in [1.807, 2.05) is 20.0 Å². The minimum atomic E-state index is -0.0402. The van der Waals surface area contributed by atoms with Gasteiger partial charge >= 0.3 is 0 Å². The predicted molar refractivity (Wildman–Crippen MR) is 100 cm³/mol. The van der Waals surface area contributed by atoms with Gasteiger partial charge in [-0.15, -0.1) is 0 Å². The third kappa shape index (κ3) is 4.06. The van der Waals surface area contributed by atoms with E-state index in [1.54, 1.807) is 4.90 Å². The molecule has 1 fully saturated rings. The van der Waals surface area contributed by atoms with E-state index in [9.17, 15) is 4.79 Å². The average Bonchev–Trinajstić information content (AvgIpc) is 2.96. The number of hydrogen-bond acceptors (Lipinski definition) is 3. The van der Waals surface area contributed by atoms with E-state index in [0.29, 0.717) is 12.3 Å². The monoisotopic (exact) mass is 343 g/mol. The molecule has 3 rings (SSSR count). The van der Waals surface area contributed by atoms with Crippen LogP contribution < -0.4 is 0 Å². The van der Waals surface area contributed by atoms with Crippen molar-refractivity contribution in [2.24, 2.45) is 0 Å². The third-order valence-electron chi connectivity index (χ3n) is 5.14. The molecule has 0 radical (unpaired) electrons. The SMILES string of the molecule is CCCc1ccc2oc(C(=O)N(C)CC[C@H]3CCCCO3)c(C)c2c1. The van der Waals surface area contributed by atoms with Gasteiger partial charge in [-0.25, -0.2) is 0 Å². The lowest BCUT2D eigenvalue weighted by atomic mass is 10.0. The smallest absolute Gasteiger partial charge is 0.289 e. The first kappa shape index (κ1) is 18.0. The maximum atomic E-state index is 12.8. The summed E-state index contributed by atoms with van der Waals surface area (Å²) in [6, 6.07) is 6.23. The Morgan fingerprint density at radius 2 is 2.16 bits per heavy atom. The molecule has 0 unspecified atom stereocenters. The molecular formula is C21H29NO3. The maximum Gasteiger partial charge on any atom is 0.289 e. The van der Waals surface area contributed by atoms with Crippen LogP contribution in [0.2, 0.25) is 0 Å². The summed E-state index contributed by atoms with van der Waals surface area (Å²) < 4.78 is 11.6. The van der Waals surface area contributed by atoms with Gasteiger partial charge in [0.05, 0.1) is 6.10 Å². The Hall–Kier alpha value is -1.81. The fourth-order valence-corrected chi connectivity index (χ4v) is 3.56. The normalized spacial score (nSPS) is 17.8. The summed E-state index contributed by atoms with van der Waals surface area (Å²) in [5, 5.41) is 1.05. The Balaban J connectivity index is 1.71. The number of carbonyl (C=O) groups excluding carboxylic acids is 1. The number of benzene rings is 1. The maximum absolute atomic E-state index is 12.8. The summed E-state index contributed by atoms with van der Waals surface area (Å²) in [7, 11) is 1.85. The van der Waals surface area contributed by atoms with Crippen molar-refractivity contribution in [2.45, 2.75) is 58.5 Å². The van der Waals surface area contributed by atoms with Crippen molar-refractivity contribution in [3.63, 3.8) is 0 Å². The van der Waals surface area contributed by atoms with Crippen LogP contribution in [0, 0.1) is 6.92 Å². The van der Waals surface area contributed by atoms with Gasteiger partial charge in [0.15, 0.2) is 5.76 Å². The standard InChI is InChI=1S/C21H29NO3/c1-4-7-16-9-10-19-18(14-16)15(2)20(25-19)21(23)22(3)12-11-17-8-5-6-13-24-17/h9-10,14,17H,4-8,11-13H2,1-3H3/t17-/m1/s1. The number of fused-ring (bicyclic) bond motifs is 1. The number of carbonyl (C=O) groups is 1. The number of nitrogens with zero attached hydrogens (tertiary/aromatic N) is 1. The molecule has 4 heteroatoms. The van der Waals surface area contributed by atoms with Gasteiger partial charge in [-0.1, -0.05) is 19.4 Å². The molecule has 25 heavy (non-hydrogen) atoms. The Labute approximate surface area is 150 Å². The van der Waals surface area contributed by atoms with E-state index in [2.05, 4.69) is 19.1 Å². The number of rotatable bonds is 6. The molecular weight excluding hydrogens is 314 g/mol. The van der Waals surface area contributed by atoms with Gasteiger partial charge in [-0.05, 0) is 56.7 Å². The van der Waals surface area contributed by atoms with Crippen LogP contribution in [-0.2, 0) is 11.2 Å². The first-order valence-electron chi connectivity index (χ1n) is 9.49. The van der Waals surface area contributed by atoms with Gasteiger partial charge in [0.2, 0.25) is 0 Å². The molecule has 1 amide bonds. The van der Waals surface area contributed by atoms with Crippen LogP contribution in [0.25, 0.3) is 11.0 Å². The number of ether oxygens (including phenoxy) is 1. The van der Waals surface area contributed by atoms with Crippen molar-refractivity contribution in [3.8, 4) is 0 Å². The van der Waals surface area contributed by atoms with Gasteiger partial charge in [0.1, 0.15) is 5.58 Å². The lowest BCUT2D eigenvalue weighted by molar-refractivity contribution is 0.00691. The Kier molecular flexibility index (Phi) is 5.79. The lowest BCUT2D eigenvalue weighted by Crippen LogP contribution is -2.31. The molecule has 0 bridgehead atoms. The molecule has 1 aliphatic rings. The highest BCUT2D eigenvalue weighted by Gasteiger charge is 2.22. The van der Waals surface area contributed by atoms with Gasteiger partial charge in [-0.2, -0.15) is 0 Å². The summed E-state index contributed by atoms with van der Waals surface area (Å²) in [5.74, 6) is 0.428. The molecule has 0 aliphatic carbocycles. The first-order chi connectivity index (χ1) is 12.1. The fraction of sp³-hybridized carbons (Fsp3) is 0.571. The summed E-state index contributed by atoms with van der Waals surface area (Å²) in [4.78, 5) is 14.6. The minimum absolute atomic E-state index is 0.0402. The van der Waals surface area contributed by atoms with Crippen LogP contribution in [0.15, 0.2) is 22.6 Å². The van der Waals surface area contributed by atoms with Crippen molar-refractivity contribution in [1.82, 2.24) is 4.90 Å². The molecule has 2 heterocycles.